The average Bonchev–Trinajstić information content (AvgIpc) is 2.70. The monoisotopic (exact) mass is 222 g/mol. The molecule has 0 bridgehead atoms. The Labute approximate surface area is 95.6 Å². The zero-order valence-electron chi connectivity index (χ0n) is 10.0. The lowest BCUT2D eigenvalue weighted by Gasteiger charge is -2.22. The number of rotatable bonds is 5. The summed E-state index contributed by atoms with van der Waals surface area (Å²) in [4.78, 5) is 15.9. The van der Waals surface area contributed by atoms with Crippen LogP contribution in [0.2, 0.25) is 0 Å². The van der Waals surface area contributed by atoms with E-state index in [1.54, 1.807) is 24.1 Å². The summed E-state index contributed by atoms with van der Waals surface area (Å²) in [5.41, 5.74) is -0.519. The molecule has 0 aliphatic heterocycles. The molecular formula is C11H18N4O. The van der Waals surface area contributed by atoms with E-state index in [1.165, 1.54) is 0 Å². The lowest BCUT2D eigenvalue weighted by atomic mass is 9.87. The van der Waals surface area contributed by atoms with Crippen molar-refractivity contribution in [3.05, 3.63) is 24.8 Å². The standard InChI is InChI=1S/C11H18N4O/c1-5-11(3,6-2)10(16)12-7-9-13-8-15(4)14-9/h5,8H,1,6-7H2,2-4H3,(H,12,16)/t11-/m1/s1. The fourth-order valence-corrected chi connectivity index (χ4v) is 1.22. The van der Waals surface area contributed by atoms with Crippen LogP contribution >= 0.6 is 0 Å². The Balaban J connectivity index is 2.55. The summed E-state index contributed by atoms with van der Waals surface area (Å²) in [6.07, 6.45) is 4.00. The van der Waals surface area contributed by atoms with Gasteiger partial charge in [-0.25, -0.2) is 4.98 Å². The maximum atomic E-state index is 11.9. The van der Waals surface area contributed by atoms with Gasteiger partial charge in [-0.3, -0.25) is 9.48 Å². The summed E-state index contributed by atoms with van der Waals surface area (Å²) in [6.45, 7) is 7.86. The minimum Gasteiger partial charge on any atom is -0.348 e. The molecule has 1 N–H and O–H groups in total. The average molecular weight is 222 g/mol. The molecule has 0 spiro atoms. The summed E-state index contributed by atoms with van der Waals surface area (Å²) in [5, 5.41) is 6.89. The van der Waals surface area contributed by atoms with E-state index in [0.29, 0.717) is 12.4 Å². The van der Waals surface area contributed by atoms with Gasteiger partial charge in [0.15, 0.2) is 5.82 Å². The molecule has 0 aliphatic carbocycles. The first kappa shape index (κ1) is 12.4. The van der Waals surface area contributed by atoms with E-state index < -0.39 is 5.41 Å². The van der Waals surface area contributed by atoms with Crippen LogP contribution in [0, 0.1) is 5.41 Å². The quantitative estimate of drug-likeness (QED) is 0.757. The minimum absolute atomic E-state index is 0.0440. The maximum absolute atomic E-state index is 11.9. The first-order chi connectivity index (χ1) is 7.51. The second kappa shape index (κ2) is 4.92. The van der Waals surface area contributed by atoms with Crippen LogP contribution in [0.25, 0.3) is 0 Å². The number of carbonyl (C=O) groups excluding carboxylic acids is 1. The normalized spacial score (nSPS) is 14.2. The molecule has 0 aromatic carbocycles. The molecule has 0 aliphatic rings. The SMILES string of the molecule is C=C[C@](C)(CC)C(=O)NCc1ncn(C)n1. The summed E-state index contributed by atoms with van der Waals surface area (Å²) in [5.74, 6) is 0.566. The van der Waals surface area contributed by atoms with E-state index >= 15 is 0 Å². The van der Waals surface area contributed by atoms with Gasteiger partial charge in [0.05, 0.1) is 12.0 Å². The van der Waals surface area contributed by atoms with Crippen molar-refractivity contribution >= 4 is 5.91 Å². The van der Waals surface area contributed by atoms with Crippen molar-refractivity contribution in [3.8, 4) is 0 Å². The third-order valence-electron chi connectivity index (χ3n) is 2.76. The molecule has 0 fully saturated rings. The molecule has 1 amide bonds. The Hall–Kier alpha value is -1.65. The van der Waals surface area contributed by atoms with Crippen molar-refractivity contribution in [2.24, 2.45) is 12.5 Å². The first-order valence-corrected chi connectivity index (χ1v) is 5.28. The van der Waals surface area contributed by atoms with Crippen molar-refractivity contribution in [1.82, 2.24) is 20.1 Å². The molecule has 0 saturated carbocycles. The molecule has 88 valence electrons. The molecule has 1 aromatic heterocycles. The molecular weight excluding hydrogens is 204 g/mol. The van der Waals surface area contributed by atoms with Gasteiger partial charge >= 0.3 is 0 Å². The highest BCUT2D eigenvalue weighted by Crippen LogP contribution is 2.22. The molecule has 1 heterocycles. The summed E-state index contributed by atoms with van der Waals surface area (Å²) >= 11 is 0. The van der Waals surface area contributed by atoms with Crippen LogP contribution in [0.4, 0.5) is 0 Å². The zero-order valence-corrected chi connectivity index (χ0v) is 10.0. The lowest BCUT2D eigenvalue weighted by molar-refractivity contribution is -0.128. The van der Waals surface area contributed by atoms with Crippen LogP contribution in [0.3, 0.4) is 0 Å². The number of hydrogen-bond acceptors (Lipinski definition) is 3. The molecule has 5 nitrogen and oxygen atoms in total. The third kappa shape index (κ3) is 2.68. The molecule has 0 radical (unpaired) electrons. The number of hydrogen-bond donors (Lipinski definition) is 1. The zero-order chi connectivity index (χ0) is 12.2. The number of nitrogens with one attached hydrogen (secondary N) is 1. The molecule has 5 heteroatoms. The summed E-state index contributed by atoms with van der Waals surface area (Å²) in [7, 11) is 1.79. The van der Waals surface area contributed by atoms with E-state index in [9.17, 15) is 4.79 Å². The molecule has 16 heavy (non-hydrogen) atoms. The number of carbonyl (C=O) groups is 1. The van der Waals surface area contributed by atoms with Crippen LogP contribution in [0.5, 0.6) is 0 Å². The fourth-order valence-electron chi connectivity index (χ4n) is 1.22. The summed E-state index contributed by atoms with van der Waals surface area (Å²) in [6, 6.07) is 0. The largest absolute Gasteiger partial charge is 0.348 e. The Morgan fingerprint density at radius 3 is 2.88 bits per heavy atom. The van der Waals surface area contributed by atoms with Gasteiger partial charge in [0.25, 0.3) is 0 Å². The predicted molar refractivity (Wildman–Crippen MR) is 61.4 cm³/mol. The summed E-state index contributed by atoms with van der Waals surface area (Å²) < 4.78 is 1.61. The van der Waals surface area contributed by atoms with Crippen molar-refractivity contribution in [2.75, 3.05) is 0 Å². The van der Waals surface area contributed by atoms with E-state index in [2.05, 4.69) is 22.0 Å². The van der Waals surface area contributed by atoms with Gasteiger partial charge in [0.2, 0.25) is 5.91 Å². The van der Waals surface area contributed by atoms with Gasteiger partial charge in [0.1, 0.15) is 6.33 Å². The molecule has 0 saturated heterocycles. The van der Waals surface area contributed by atoms with Crippen LogP contribution in [-0.2, 0) is 18.4 Å². The van der Waals surface area contributed by atoms with Crippen LogP contribution < -0.4 is 5.32 Å². The number of nitrogens with zero attached hydrogens (tertiary/aromatic N) is 3. The van der Waals surface area contributed by atoms with Gasteiger partial charge in [0, 0.05) is 7.05 Å². The molecule has 1 aromatic rings. The first-order valence-electron chi connectivity index (χ1n) is 5.28. The third-order valence-corrected chi connectivity index (χ3v) is 2.76. The van der Waals surface area contributed by atoms with E-state index in [1.807, 2.05) is 13.8 Å². The fraction of sp³-hybridized carbons (Fsp3) is 0.545. The predicted octanol–water partition coefficient (Wildman–Crippen LogP) is 1.03. The van der Waals surface area contributed by atoms with E-state index in [4.69, 9.17) is 0 Å². The van der Waals surface area contributed by atoms with Gasteiger partial charge in [-0.1, -0.05) is 13.0 Å². The Bertz CT molecular complexity index is 385. The van der Waals surface area contributed by atoms with Crippen molar-refractivity contribution in [3.63, 3.8) is 0 Å². The van der Waals surface area contributed by atoms with Crippen molar-refractivity contribution in [1.29, 1.82) is 0 Å². The van der Waals surface area contributed by atoms with Crippen LogP contribution in [0.1, 0.15) is 26.1 Å². The maximum Gasteiger partial charge on any atom is 0.230 e. The van der Waals surface area contributed by atoms with E-state index in [-0.39, 0.29) is 5.91 Å². The Morgan fingerprint density at radius 2 is 2.44 bits per heavy atom. The van der Waals surface area contributed by atoms with Gasteiger partial charge in [-0.2, -0.15) is 5.10 Å². The van der Waals surface area contributed by atoms with Gasteiger partial charge in [-0.15, -0.1) is 6.58 Å². The highest BCUT2D eigenvalue weighted by atomic mass is 16.2. The topological polar surface area (TPSA) is 59.8 Å². The van der Waals surface area contributed by atoms with Crippen molar-refractivity contribution < 1.29 is 4.79 Å². The van der Waals surface area contributed by atoms with Gasteiger partial charge in [-0.05, 0) is 13.3 Å². The Kier molecular flexibility index (Phi) is 3.82. The second-order valence-electron chi connectivity index (χ2n) is 3.99. The smallest absolute Gasteiger partial charge is 0.230 e. The lowest BCUT2D eigenvalue weighted by Crippen LogP contribution is -2.37. The highest BCUT2D eigenvalue weighted by Gasteiger charge is 2.27. The molecule has 1 atom stereocenters. The van der Waals surface area contributed by atoms with Crippen LogP contribution in [0.15, 0.2) is 19.0 Å². The van der Waals surface area contributed by atoms with E-state index in [0.717, 1.165) is 6.42 Å². The highest BCUT2D eigenvalue weighted by molar-refractivity contribution is 5.83. The van der Waals surface area contributed by atoms with Crippen LogP contribution in [-0.4, -0.2) is 20.7 Å². The molecule has 1 rings (SSSR count). The van der Waals surface area contributed by atoms with Crippen molar-refractivity contribution in [2.45, 2.75) is 26.8 Å². The minimum atomic E-state index is -0.519. The molecule has 0 unspecified atom stereocenters. The Morgan fingerprint density at radius 1 is 1.75 bits per heavy atom. The number of aromatic nitrogens is 3. The number of amides is 1. The number of aryl methyl sites for hydroxylation is 1. The second-order valence-corrected chi connectivity index (χ2v) is 3.99. The van der Waals surface area contributed by atoms with Gasteiger partial charge < -0.3 is 5.32 Å².